The number of rotatable bonds is 3. The van der Waals surface area contributed by atoms with Crippen molar-refractivity contribution >= 4 is 11.8 Å². The summed E-state index contributed by atoms with van der Waals surface area (Å²) in [5, 5.41) is 7.14. The number of hydrogen-bond acceptors (Lipinski definition) is 6. The smallest absolute Gasteiger partial charge is 0.227 e. The van der Waals surface area contributed by atoms with Crippen LogP contribution < -0.4 is 15.5 Å². The van der Waals surface area contributed by atoms with Gasteiger partial charge in [0.25, 0.3) is 0 Å². The molecule has 2 N–H and O–H groups in total. The van der Waals surface area contributed by atoms with Crippen LogP contribution >= 0.6 is 0 Å². The summed E-state index contributed by atoms with van der Waals surface area (Å²) in [6, 6.07) is 0.510. The lowest BCUT2D eigenvalue weighted by molar-refractivity contribution is 0.311. The highest BCUT2D eigenvalue weighted by Crippen LogP contribution is 2.29. The quantitative estimate of drug-likeness (QED) is 0.863. The highest BCUT2D eigenvalue weighted by atomic mass is 15.3. The SMILES string of the molecule is CN1CCN(c2nc3c(c(NC4CCNC4)n2)CCCC3)CC1. The van der Waals surface area contributed by atoms with E-state index in [1.807, 2.05) is 0 Å². The van der Waals surface area contributed by atoms with Crippen LogP contribution in [-0.4, -0.2) is 67.2 Å². The van der Waals surface area contributed by atoms with Gasteiger partial charge in [-0.1, -0.05) is 0 Å². The summed E-state index contributed by atoms with van der Waals surface area (Å²) in [6.45, 7) is 6.39. The average Bonchev–Trinajstić information content (AvgIpc) is 3.08. The normalized spacial score (nSPS) is 25.4. The number of likely N-dealkylation sites (N-methyl/N-ethyl adjacent to an activating group) is 1. The van der Waals surface area contributed by atoms with Gasteiger partial charge in [-0.15, -0.1) is 0 Å². The number of aryl methyl sites for hydroxylation is 1. The zero-order valence-corrected chi connectivity index (χ0v) is 14.1. The van der Waals surface area contributed by atoms with Crippen LogP contribution in [0.3, 0.4) is 0 Å². The summed E-state index contributed by atoms with van der Waals surface area (Å²) in [5.74, 6) is 2.05. The van der Waals surface area contributed by atoms with Crippen molar-refractivity contribution in [1.82, 2.24) is 20.2 Å². The molecule has 1 atom stereocenters. The summed E-state index contributed by atoms with van der Waals surface area (Å²) in [4.78, 5) is 14.6. The van der Waals surface area contributed by atoms with E-state index in [1.54, 1.807) is 0 Å². The fourth-order valence-corrected chi connectivity index (χ4v) is 3.82. The van der Waals surface area contributed by atoms with Crippen LogP contribution in [0, 0.1) is 0 Å². The van der Waals surface area contributed by atoms with Crippen LogP contribution in [0.1, 0.15) is 30.5 Å². The third-order valence-electron chi connectivity index (χ3n) is 5.36. The molecule has 3 aliphatic rings. The maximum absolute atomic E-state index is 4.96. The topological polar surface area (TPSA) is 56.3 Å². The van der Waals surface area contributed by atoms with Crippen molar-refractivity contribution in [3.63, 3.8) is 0 Å². The predicted octanol–water partition coefficient (Wildman–Crippen LogP) is 0.881. The first-order chi connectivity index (χ1) is 11.3. The van der Waals surface area contributed by atoms with E-state index in [4.69, 9.17) is 9.97 Å². The lowest BCUT2D eigenvalue weighted by Crippen LogP contribution is -2.45. The van der Waals surface area contributed by atoms with Crippen LogP contribution in [0.15, 0.2) is 0 Å². The van der Waals surface area contributed by atoms with Gasteiger partial charge >= 0.3 is 0 Å². The van der Waals surface area contributed by atoms with Crippen LogP contribution in [0.2, 0.25) is 0 Å². The van der Waals surface area contributed by atoms with Gasteiger partial charge in [-0.3, -0.25) is 0 Å². The third kappa shape index (κ3) is 3.28. The second kappa shape index (κ2) is 6.61. The summed E-state index contributed by atoms with van der Waals surface area (Å²) < 4.78 is 0. The van der Waals surface area contributed by atoms with E-state index in [-0.39, 0.29) is 0 Å². The summed E-state index contributed by atoms with van der Waals surface area (Å²) in [6.07, 6.45) is 5.94. The first-order valence-corrected chi connectivity index (χ1v) is 9.10. The maximum atomic E-state index is 4.96. The molecule has 1 unspecified atom stereocenters. The standard InChI is InChI=1S/C17H28N6/c1-22-8-10-23(11-9-22)17-20-15-5-3-2-4-14(15)16(21-17)19-13-6-7-18-12-13/h13,18H,2-12H2,1H3,(H,19,20,21). The number of fused-ring (bicyclic) bond motifs is 1. The van der Waals surface area contributed by atoms with Gasteiger partial charge in [-0.25, -0.2) is 4.98 Å². The summed E-state index contributed by atoms with van der Waals surface area (Å²) >= 11 is 0. The number of piperazine rings is 1. The lowest BCUT2D eigenvalue weighted by Gasteiger charge is -2.33. The molecular formula is C17H28N6. The Labute approximate surface area is 138 Å². The van der Waals surface area contributed by atoms with Gasteiger partial charge in [0.2, 0.25) is 5.95 Å². The van der Waals surface area contributed by atoms with Crippen LogP contribution in [-0.2, 0) is 12.8 Å². The molecule has 1 aromatic heterocycles. The molecule has 2 fully saturated rings. The van der Waals surface area contributed by atoms with Crippen LogP contribution in [0.5, 0.6) is 0 Å². The second-order valence-corrected chi connectivity index (χ2v) is 7.13. The molecule has 1 aliphatic carbocycles. The van der Waals surface area contributed by atoms with Gasteiger partial charge in [-0.2, -0.15) is 4.98 Å². The van der Waals surface area contributed by atoms with E-state index in [1.165, 1.54) is 30.5 Å². The molecule has 0 bridgehead atoms. The zero-order chi connectivity index (χ0) is 15.6. The van der Waals surface area contributed by atoms with Crippen molar-refractivity contribution in [2.75, 3.05) is 56.5 Å². The number of nitrogens with one attached hydrogen (secondary N) is 2. The highest BCUT2D eigenvalue weighted by molar-refractivity contribution is 5.53. The van der Waals surface area contributed by atoms with Crippen molar-refractivity contribution in [2.45, 2.75) is 38.1 Å². The minimum Gasteiger partial charge on any atom is -0.366 e. The Hall–Kier alpha value is -1.40. The van der Waals surface area contributed by atoms with E-state index in [2.05, 4.69) is 27.5 Å². The Bertz CT molecular complexity index is 546. The Morgan fingerprint density at radius 2 is 1.91 bits per heavy atom. The van der Waals surface area contributed by atoms with E-state index in [0.717, 1.165) is 63.9 Å². The molecule has 6 nitrogen and oxygen atoms in total. The fourth-order valence-electron chi connectivity index (χ4n) is 3.82. The molecular weight excluding hydrogens is 288 g/mol. The van der Waals surface area contributed by atoms with Gasteiger partial charge in [-0.05, 0) is 45.7 Å². The first-order valence-electron chi connectivity index (χ1n) is 9.10. The summed E-state index contributed by atoms with van der Waals surface area (Å²) in [5.41, 5.74) is 2.66. The summed E-state index contributed by atoms with van der Waals surface area (Å²) in [7, 11) is 2.19. The van der Waals surface area contributed by atoms with Gasteiger partial charge in [0.1, 0.15) is 5.82 Å². The molecule has 6 heteroatoms. The second-order valence-electron chi connectivity index (χ2n) is 7.13. The minimum absolute atomic E-state index is 0.510. The first kappa shape index (κ1) is 15.1. The molecule has 4 rings (SSSR count). The number of anilines is 2. The molecule has 1 aromatic rings. The predicted molar refractivity (Wildman–Crippen MR) is 93.3 cm³/mol. The number of nitrogens with zero attached hydrogens (tertiary/aromatic N) is 4. The van der Waals surface area contributed by atoms with Crippen LogP contribution in [0.25, 0.3) is 0 Å². The highest BCUT2D eigenvalue weighted by Gasteiger charge is 2.24. The van der Waals surface area contributed by atoms with Gasteiger partial charge in [0, 0.05) is 44.3 Å². The van der Waals surface area contributed by atoms with E-state index in [9.17, 15) is 0 Å². The average molecular weight is 316 g/mol. The molecule has 126 valence electrons. The monoisotopic (exact) mass is 316 g/mol. The fraction of sp³-hybridized carbons (Fsp3) is 0.765. The van der Waals surface area contributed by atoms with Gasteiger partial charge in [0.15, 0.2) is 0 Å². The van der Waals surface area contributed by atoms with E-state index < -0.39 is 0 Å². The zero-order valence-electron chi connectivity index (χ0n) is 14.1. The molecule has 0 aromatic carbocycles. The molecule has 23 heavy (non-hydrogen) atoms. The van der Waals surface area contributed by atoms with Crippen molar-refractivity contribution in [1.29, 1.82) is 0 Å². The van der Waals surface area contributed by atoms with Crippen LogP contribution in [0.4, 0.5) is 11.8 Å². The molecule has 2 aliphatic heterocycles. The molecule has 0 amide bonds. The number of hydrogen-bond donors (Lipinski definition) is 2. The largest absolute Gasteiger partial charge is 0.366 e. The molecule has 0 radical (unpaired) electrons. The maximum Gasteiger partial charge on any atom is 0.227 e. The Morgan fingerprint density at radius 3 is 2.70 bits per heavy atom. The van der Waals surface area contributed by atoms with E-state index >= 15 is 0 Å². The molecule has 2 saturated heterocycles. The van der Waals surface area contributed by atoms with Gasteiger partial charge < -0.3 is 20.4 Å². The number of aromatic nitrogens is 2. The van der Waals surface area contributed by atoms with Crippen molar-refractivity contribution in [2.24, 2.45) is 0 Å². The van der Waals surface area contributed by atoms with Crippen molar-refractivity contribution < 1.29 is 0 Å². The Kier molecular flexibility index (Phi) is 4.35. The van der Waals surface area contributed by atoms with Crippen molar-refractivity contribution in [3.8, 4) is 0 Å². The van der Waals surface area contributed by atoms with Crippen molar-refractivity contribution in [3.05, 3.63) is 11.3 Å². The Balaban J connectivity index is 1.61. The minimum atomic E-state index is 0.510. The molecule has 0 saturated carbocycles. The third-order valence-corrected chi connectivity index (χ3v) is 5.36. The van der Waals surface area contributed by atoms with Gasteiger partial charge in [0.05, 0.1) is 5.69 Å². The lowest BCUT2D eigenvalue weighted by atomic mass is 9.96. The molecule has 3 heterocycles. The van der Waals surface area contributed by atoms with E-state index in [0.29, 0.717) is 6.04 Å². The Morgan fingerprint density at radius 1 is 1.09 bits per heavy atom. The molecule has 0 spiro atoms.